The smallest absolute Gasteiger partial charge is 0.224 e. The van der Waals surface area contributed by atoms with Crippen LogP contribution >= 0.6 is 23.2 Å². The van der Waals surface area contributed by atoms with Gasteiger partial charge in [0.25, 0.3) is 0 Å². The summed E-state index contributed by atoms with van der Waals surface area (Å²) in [4.78, 5) is 11.8. The maximum Gasteiger partial charge on any atom is 0.224 e. The summed E-state index contributed by atoms with van der Waals surface area (Å²) in [5.41, 5.74) is 0.705. The predicted molar refractivity (Wildman–Crippen MR) is 75.5 cm³/mol. The SMILES string of the molecule is O=C(Cc1cc(Cl)ccc1Cl)NCC1CNCC1O. The number of amides is 1. The second-order valence-electron chi connectivity index (χ2n) is 4.70. The third-order valence-corrected chi connectivity index (χ3v) is 3.83. The molecule has 19 heavy (non-hydrogen) atoms. The summed E-state index contributed by atoms with van der Waals surface area (Å²) in [6.45, 7) is 1.77. The van der Waals surface area contributed by atoms with Crippen LogP contribution in [0.5, 0.6) is 0 Å². The van der Waals surface area contributed by atoms with Gasteiger partial charge < -0.3 is 15.7 Å². The van der Waals surface area contributed by atoms with Crippen LogP contribution in [0.25, 0.3) is 0 Å². The zero-order valence-corrected chi connectivity index (χ0v) is 11.8. The normalized spacial score (nSPS) is 22.5. The minimum absolute atomic E-state index is 0.0683. The van der Waals surface area contributed by atoms with Crippen LogP contribution in [-0.4, -0.2) is 36.8 Å². The molecule has 1 saturated heterocycles. The number of hydrogen-bond donors (Lipinski definition) is 3. The van der Waals surface area contributed by atoms with Gasteiger partial charge in [0.05, 0.1) is 12.5 Å². The highest BCUT2D eigenvalue weighted by molar-refractivity contribution is 6.33. The largest absolute Gasteiger partial charge is 0.391 e. The Hall–Kier alpha value is -0.810. The standard InChI is InChI=1S/C13H16Cl2N2O2/c14-10-1-2-11(15)8(3-10)4-13(19)17-6-9-5-16-7-12(9)18/h1-3,9,12,16,18H,4-7H2,(H,17,19). The van der Waals surface area contributed by atoms with Gasteiger partial charge in [-0.2, -0.15) is 0 Å². The highest BCUT2D eigenvalue weighted by Crippen LogP contribution is 2.21. The molecule has 1 aliphatic rings. The monoisotopic (exact) mass is 302 g/mol. The van der Waals surface area contributed by atoms with Crippen LogP contribution in [0.4, 0.5) is 0 Å². The van der Waals surface area contributed by atoms with Gasteiger partial charge in [0.1, 0.15) is 0 Å². The third kappa shape index (κ3) is 4.08. The molecule has 0 bridgehead atoms. The lowest BCUT2D eigenvalue weighted by atomic mass is 10.1. The van der Waals surface area contributed by atoms with E-state index in [-0.39, 0.29) is 18.2 Å². The van der Waals surface area contributed by atoms with Crippen molar-refractivity contribution in [3.05, 3.63) is 33.8 Å². The molecular formula is C13H16Cl2N2O2. The van der Waals surface area contributed by atoms with E-state index in [1.807, 2.05) is 0 Å². The van der Waals surface area contributed by atoms with Crippen molar-refractivity contribution in [2.75, 3.05) is 19.6 Å². The molecule has 2 unspecified atom stereocenters. The van der Waals surface area contributed by atoms with E-state index in [0.29, 0.717) is 28.7 Å². The molecule has 2 atom stereocenters. The van der Waals surface area contributed by atoms with Gasteiger partial charge in [0, 0.05) is 35.6 Å². The lowest BCUT2D eigenvalue weighted by molar-refractivity contribution is -0.120. The maximum atomic E-state index is 11.8. The van der Waals surface area contributed by atoms with Crippen molar-refractivity contribution in [2.45, 2.75) is 12.5 Å². The van der Waals surface area contributed by atoms with E-state index in [1.165, 1.54) is 0 Å². The zero-order valence-electron chi connectivity index (χ0n) is 10.3. The Morgan fingerprint density at radius 1 is 1.42 bits per heavy atom. The Labute approximate surface area is 122 Å². The minimum Gasteiger partial charge on any atom is -0.391 e. The van der Waals surface area contributed by atoms with Gasteiger partial charge in [-0.15, -0.1) is 0 Å². The third-order valence-electron chi connectivity index (χ3n) is 3.22. The Balaban J connectivity index is 1.85. The average molecular weight is 303 g/mol. The van der Waals surface area contributed by atoms with Crippen LogP contribution in [0.1, 0.15) is 5.56 Å². The first kappa shape index (κ1) is 14.6. The molecule has 1 heterocycles. The van der Waals surface area contributed by atoms with Gasteiger partial charge in [0.2, 0.25) is 5.91 Å². The highest BCUT2D eigenvalue weighted by atomic mass is 35.5. The number of aliphatic hydroxyl groups is 1. The summed E-state index contributed by atoms with van der Waals surface area (Å²) < 4.78 is 0. The van der Waals surface area contributed by atoms with E-state index >= 15 is 0 Å². The number of hydrogen-bond acceptors (Lipinski definition) is 3. The van der Waals surface area contributed by atoms with Gasteiger partial charge in [-0.05, 0) is 23.8 Å². The van der Waals surface area contributed by atoms with E-state index < -0.39 is 6.10 Å². The first-order chi connectivity index (χ1) is 9.06. The maximum absolute atomic E-state index is 11.8. The van der Waals surface area contributed by atoms with E-state index in [4.69, 9.17) is 23.2 Å². The number of nitrogens with one attached hydrogen (secondary N) is 2. The molecule has 1 amide bonds. The predicted octanol–water partition coefficient (Wildman–Crippen LogP) is 1.23. The molecular weight excluding hydrogens is 287 g/mol. The van der Waals surface area contributed by atoms with Crippen molar-refractivity contribution in [1.82, 2.24) is 10.6 Å². The van der Waals surface area contributed by atoms with Crippen LogP contribution in [0.2, 0.25) is 10.0 Å². The van der Waals surface area contributed by atoms with Crippen molar-refractivity contribution >= 4 is 29.1 Å². The van der Waals surface area contributed by atoms with Gasteiger partial charge in [0.15, 0.2) is 0 Å². The number of aliphatic hydroxyl groups excluding tert-OH is 1. The van der Waals surface area contributed by atoms with Crippen LogP contribution in [-0.2, 0) is 11.2 Å². The van der Waals surface area contributed by atoms with Gasteiger partial charge in [-0.25, -0.2) is 0 Å². The topological polar surface area (TPSA) is 61.4 Å². The fourth-order valence-electron chi connectivity index (χ4n) is 2.09. The van der Waals surface area contributed by atoms with Crippen LogP contribution in [0.15, 0.2) is 18.2 Å². The Kier molecular flexibility index (Phi) is 5.05. The average Bonchev–Trinajstić information content (AvgIpc) is 2.77. The minimum atomic E-state index is -0.393. The second-order valence-corrected chi connectivity index (χ2v) is 5.55. The second kappa shape index (κ2) is 6.57. The fourth-order valence-corrected chi connectivity index (χ4v) is 2.47. The molecule has 3 N–H and O–H groups in total. The molecule has 1 fully saturated rings. The molecule has 0 spiro atoms. The first-order valence-electron chi connectivity index (χ1n) is 6.15. The molecule has 1 aromatic carbocycles. The number of carbonyl (C=O) groups is 1. The molecule has 4 nitrogen and oxygen atoms in total. The van der Waals surface area contributed by atoms with Gasteiger partial charge >= 0.3 is 0 Å². The van der Waals surface area contributed by atoms with Crippen molar-refractivity contribution in [3.63, 3.8) is 0 Å². The number of carbonyl (C=O) groups excluding carboxylic acids is 1. The number of benzene rings is 1. The van der Waals surface area contributed by atoms with E-state index in [2.05, 4.69) is 10.6 Å². The van der Waals surface area contributed by atoms with Crippen molar-refractivity contribution in [3.8, 4) is 0 Å². The molecule has 0 saturated carbocycles. The van der Waals surface area contributed by atoms with E-state index in [9.17, 15) is 9.90 Å². The zero-order chi connectivity index (χ0) is 13.8. The van der Waals surface area contributed by atoms with Crippen LogP contribution in [0, 0.1) is 5.92 Å². The molecule has 2 rings (SSSR count). The fraction of sp³-hybridized carbons (Fsp3) is 0.462. The van der Waals surface area contributed by atoms with E-state index in [1.54, 1.807) is 18.2 Å². The lowest BCUT2D eigenvalue weighted by Crippen LogP contribution is -2.35. The van der Waals surface area contributed by atoms with E-state index in [0.717, 1.165) is 6.54 Å². The molecule has 1 aromatic rings. The molecule has 0 radical (unpaired) electrons. The molecule has 0 aromatic heterocycles. The highest BCUT2D eigenvalue weighted by Gasteiger charge is 2.25. The first-order valence-corrected chi connectivity index (χ1v) is 6.91. The van der Waals surface area contributed by atoms with Gasteiger partial charge in [-0.3, -0.25) is 4.79 Å². The molecule has 6 heteroatoms. The molecule has 104 valence electrons. The molecule has 0 aliphatic carbocycles. The summed E-state index contributed by atoms with van der Waals surface area (Å²) >= 11 is 11.9. The number of rotatable bonds is 4. The Morgan fingerprint density at radius 2 is 2.21 bits per heavy atom. The van der Waals surface area contributed by atoms with Gasteiger partial charge in [-0.1, -0.05) is 23.2 Å². The van der Waals surface area contributed by atoms with Crippen LogP contribution < -0.4 is 10.6 Å². The van der Waals surface area contributed by atoms with Crippen LogP contribution in [0.3, 0.4) is 0 Å². The summed E-state index contributed by atoms with van der Waals surface area (Å²) in [6, 6.07) is 5.05. The summed E-state index contributed by atoms with van der Waals surface area (Å²) in [5.74, 6) is -0.0537. The van der Waals surface area contributed by atoms with Crippen molar-refractivity contribution in [2.24, 2.45) is 5.92 Å². The van der Waals surface area contributed by atoms with Crippen molar-refractivity contribution < 1.29 is 9.90 Å². The summed E-state index contributed by atoms with van der Waals surface area (Å²) in [7, 11) is 0. The lowest BCUT2D eigenvalue weighted by Gasteiger charge is -2.14. The quantitative estimate of drug-likeness (QED) is 0.784. The molecule has 1 aliphatic heterocycles. The summed E-state index contributed by atoms with van der Waals surface area (Å²) in [6.07, 6.45) is -0.203. The Bertz CT molecular complexity index is 468. The summed E-state index contributed by atoms with van der Waals surface area (Å²) in [5, 5.41) is 16.6. The van der Waals surface area contributed by atoms with Crippen molar-refractivity contribution in [1.29, 1.82) is 0 Å². The Morgan fingerprint density at radius 3 is 2.89 bits per heavy atom. The number of halogens is 2. The number of β-amino-alcohol motifs (C(OH)–C–C–N with tert-alkyl or cyclic N) is 1.